The quantitative estimate of drug-likeness (QED) is 0.738. The highest BCUT2D eigenvalue weighted by atomic mass is 16.2. The number of nitrogens with one attached hydrogen (secondary N) is 2. The maximum absolute atomic E-state index is 11.8. The summed E-state index contributed by atoms with van der Waals surface area (Å²) in [6.07, 6.45) is 0. The van der Waals surface area contributed by atoms with Crippen LogP contribution in [0, 0.1) is 13.8 Å². The van der Waals surface area contributed by atoms with Gasteiger partial charge in [-0.25, -0.2) is 0 Å². The Kier molecular flexibility index (Phi) is 2.64. The Morgan fingerprint density at radius 3 is 2.38 bits per heavy atom. The lowest BCUT2D eigenvalue weighted by Crippen LogP contribution is -2.25. The van der Waals surface area contributed by atoms with E-state index in [2.05, 4.69) is 15.6 Å². The van der Waals surface area contributed by atoms with E-state index in [1.807, 2.05) is 32.0 Å². The molecule has 16 heavy (non-hydrogen) atoms. The van der Waals surface area contributed by atoms with Crippen molar-refractivity contribution < 1.29 is 4.79 Å². The molecule has 1 unspecified atom stereocenters. The van der Waals surface area contributed by atoms with Gasteiger partial charge in [0.2, 0.25) is 0 Å². The van der Waals surface area contributed by atoms with Crippen LogP contribution >= 0.6 is 0 Å². The Labute approximate surface area is 94.8 Å². The monoisotopic (exact) mass is 217 g/mol. The van der Waals surface area contributed by atoms with Crippen LogP contribution in [0.4, 0.5) is 0 Å². The number of guanidine groups is 1. The van der Waals surface area contributed by atoms with Crippen LogP contribution in [0.3, 0.4) is 0 Å². The number of amides is 1. The molecule has 1 saturated heterocycles. The van der Waals surface area contributed by atoms with Crippen molar-refractivity contribution in [3.63, 3.8) is 0 Å². The van der Waals surface area contributed by atoms with Gasteiger partial charge in [-0.3, -0.25) is 15.1 Å². The normalized spacial score (nSPS) is 22.1. The molecule has 1 amide bonds. The van der Waals surface area contributed by atoms with Crippen LogP contribution in [0.25, 0.3) is 0 Å². The maximum Gasteiger partial charge on any atom is 0.253 e. The van der Waals surface area contributed by atoms with E-state index in [4.69, 9.17) is 0 Å². The SMILES string of the molecule is CN=C1NC(=O)C(c2c(C)cccc2C)N1. The zero-order chi connectivity index (χ0) is 11.7. The Hall–Kier alpha value is -1.84. The highest BCUT2D eigenvalue weighted by molar-refractivity contribution is 6.06. The third kappa shape index (κ3) is 1.66. The van der Waals surface area contributed by atoms with Crippen molar-refractivity contribution in [2.45, 2.75) is 19.9 Å². The summed E-state index contributed by atoms with van der Waals surface area (Å²) in [6.45, 7) is 4.02. The highest BCUT2D eigenvalue weighted by Crippen LogP contribution is 2.23. The van der Waals surface area contributed by atoms with E-state index >= 15 is 0 Å². The van der Waals surface area contributed by atoms with E-state index < -0.39 is 0 Å². The largest absolute Gasteiger partial charge is 0.340 e. The Morgan fingerprint density at radius 1 is 1.25 bits per heavy atom. The molecule has 0 saturated carbocycles. The van der Waals surface area contributed by atoms with Gasteiger partial charge < -0.3 is 5.32 Å². The first kappa shape index (κ1) is 10.7. The summed E-state index contributed by atoms with van der Waals surface area (Å²) in [5.41, 5.74) is 3.27. The minimum Gasteiger partial charge on any atom is -0.340 e. The van der Waals surface area contributed by atoms with Crippen molar-refractivity contribution in [3.8, 4) is 0 Å². The second kappa shape index (κ2) is 3.96. The predicted octanol–water partition coefficient (Wildman–Crippen LogP) is 1.05. The third-order valence-corrected chi connectivity index (χ3v) is 2.84. The van der Waals surface area contributed by atoms with Crippen molar-refractivity contribution >= 4 is 11.9 Å². The standard InChI is InChI=1S/C12H15N3O/c1-7-5-4-6-8(2)9(7)10-11(16)15-12(13-3)14-10/h4-6,10H,1-3H3,(H2,13,14,15,16). The molecule has 1 fully saturated rings. The average molecular weight is 217 g/mol. The van der Waals surface area contributed by atoms with Gasteiger partial charge in [0.1, 0.15) is 6.04 Å². The van der Waals surface area contributed by atoms with Gasteiger partial charge in [-0.1, -0.05) is 18.2 Å². The molecule has 1 aliphatic heterocycles. The van der Waals surface area contributed by atoms with Gasteiger partial charge in [0, 0.05) is 7.05 Å². The molecule has 2 rings (SSSR count). The number of hydrogen-bond acceptors (Lipinski definition) is 2. The van der Waals surface area contributed by atoms with Crippen LogP contribution in [0.1, 0.15) is 22.7 Å². The van der Waals surface area contributed by atoms with Crippen LogP contribution in [0.5, 0.6) is 0 Å². The molecular weight excluding hydrogens is 202 g/mol. The number of hydrogen-bond donors (Lipinski definition) is 2. The first-order valence-electron chi connectivity index (χ1n) is 5.23. The smallest absolute Gasteiger partial charge is 0.253 e. The second-order valence-electron chi connectivity index (χ2n) is 3.94. The van der Waals surface area contributed by atoms with Gasteiger partial charge in [0.25, 0.3) is 5.91 Å². The molecule has 84 valence electrons. The van der Waals surface area contributed by atoms with Gasteiger partial charge >= 0.3 is 0 Å². The van der Waals surface area contributed by atoms with Gasteiger partial charge in [-0.15, -0.1) is 0 Å². The number of benzene rings is 1. The topological polar surface area (TPSA) is 53.5 Å². The van der Waals surface area contributed by atoms with E-state index in [9.17, 15) is 4.79 Å². The van der Waals surface area contributed by atoms with E-state index in [0.29, 0.717) is 5.96 Å². The van der Waals surface area contributed by atoms with E-state index in [1.54, 1.807) is 7.05 Å². The first-order chi connectivity index (χ1) is 7.63. The molecule has 1 aliphatic rings. The summed E-state index contributed by atoms with van der Waals surface area (Å²) in [7, 11) is 1.65. The molecule has 1 atom stereocenters. The van der Waals surface area contributed by atoms with Crippen LogP contribution in [0.2, 0.25) is 0 Å². The predicted molar refractivity (Wildman–Crippen MR) is 63.3 cm³/mol. The molecule has 1 aromatic carbocycles. The summed E-state index contributed by atoms with van der Waals surface area (Å²) in [6, 6.07) is 5.70. The van der Waals surface area contributed by atoms with E-state index in [1.165, 1.54) is 0 Å². The number of nitrogens with zero attached hydrogens (tertiary/aromatic N) is 1. The Bertz CT molecular complexity index is 445. The Morgan fingerprint density at radius 2 is 1.88 bits per heavy atom. The molecule has 1 heterocycles. The van der Waals surface area contributed by atoms with Crippen LogP contribution in [-0.2, 0) is 4.79 Å². The second-order valence-corrected chi connectivity index (χ2v) is 3.94. The molecule has 0 bridgehead atoms. The fourth-order valence-electron chi connectivity index (χ4n) is 2.03. The van der Waals surface area contributed by atoms with Gasteiger partial charge in [0.05, 0.1) is 0 Å². The Balaban J connectivity index is 2.42. The van der Waals surface area contributed by atoms with Crippen molar-refractivity contribution in [1.82, 2.24) is 10.6 Å². The van der Waals surface area contributed by atoms with Crippen molar-refractivity contribution in [1.29, 1.82) is 0 Å². The number of rotatable bonds is 1. The minimum atomic E-state index is -0.320. The molecule has 4 nitrogen and oxygen atoms in total. The molecule has 0 spiro atoms. The summed E-state index contributed by atoms with van der Waals surface area (Å²) in [5, 5.41) is 5.78. The fraction of sp³-hybridized carbons (Fsp3) is 0.333. The van der Waals surface area contributed by atoms with Crippen LogP contribution < -0.4 is 10.6 Å². The highest BCUT2D eigenvalue weighted by Gasteiger charge is 2.31. The molecule has 1 aromatic rings. The molecular formula is C12H15N3O. The summed E-state index contributed by atoms with van der Waals surface area (Å²) in [5.74, 6) is 0.496. The molecule has 0 aliphatic carbocycles. The molecule has 4 heteroatoms. The summed E-state index contributed by atoms with van der Waals surface area (Å²) >= 11 is 0. The van der Waals surface area contributed by atoms with Gasteiger partial charge in [-0.2, -0.15) is 0 Å². The summed E-state index contributed by atoms with van der Waals surface area (Å²) < 4.78 is 0. The van der Waals surface area contributed by atoms with Crippen LogP contribution in [0.15, 0.2) is 23.2 Å². The van der Waals surface area contributed by atoms with Gasteiger partial charge in [-0.05, 0) is 30.5 Å². The number of carbonyl (C=O) groups excluding carboxylic acids is 1. The maximum atomic E-state index is 11.8. The lowest BCUT2D eigenvalue weighted by molar-refractivity contribution is -0.120. The molecule has 2 N–H and O–H groups in total. The van der Waals surface area contributed by atoms with E-state index in [0.717, 1.165) is 16.7 Å². The number of aryl methyl sites for hydroxylation is 2. The molecule has 0 radical (unpaired) electrons. The number of carbonyl (C=O) groups is 1. The lowest BCUT2D eigenvalue weighted by atomic mass is 9.96. The molecule has 0 aromatic heterocycles. The van der Waals surface area contributed by atoms with Crippen molar-refractivity contribution in [3.05, 3.63) is 34.9 Å². The third-order valence-electron chi connectivity index (χ3n) is 2.84. The zero-order valence-corrected chi connectivity index (χ0v) is 9.66. The summed E-state index contributed by atoms with van der Waals surface area (Å²) in [4.78, 5) is 15.7. The van der Waals surface area contributed by atoms with Crippen LogP contribution in [-0.4, -0.2) is 18.9 Å². The zero-order valence-electron chi connectivity index (χ0n) is 9.66. The minimum absolute atomic E-state index is 0.0435. The van der Waals surface area contributed by atoms with Crippen molar-refractivity contribution in [2.24, 2.45) is 4.99 Å². The van der Waals surface area contributed by atoms with Crippen molar-refractivity contribution in [2.75, 3.05) is 7.05 Å². The number of aliphatic imine (C=N–C) groups is 1. The lowest BCUT2D eigenvalue weighted by Gasteiger charge is -2.14. The first-order valence-corrected chi connectivity index (χ1v) is 5.23. The average Bonchev–Trinajstić information content (AvgIpc) is 2.60. The van der Waals surface area contributed by atoms with E-state index in [-0.39, 0.29) is 11.9 Å². The fourth-order valence-corrected chi connectivity index (χ4v) is 2.03. The van der Waals surface area contributed by atoms with Gasteiger partial charge in [0.15, 0.2) is 5.96 Å².